The Morgan fingerprint density at radius 1 is 1.28 bits per heavy atom. The van der Waals surface area contributed by atoms with Gasteiger partial charge in [0.25, 0.3) is 0 Å². The van der Waals surface area contributed by atoms with Crippen LogP contribution in [0.4, 0.5) is 0 Å². The molecule has 0 spiro atoms. The lowest BCUT2D eigenvalue weighted by atomic mass is 9.75. The molecule has 0 radical (unpaired) electrons. The van der Waals surface area contributed by atoms with Gasteiger partial charge in [-0.3, -0.25) is 9.80 Å². The first-order valence-electron chi connectivity index (χ1n) is 12.0. The fraction of sp³-hybridized carbons (Fsp3) is 0.667. The number of esters is 1. The summed E-state index contributed by atoms with van der Waals surface area (Å²) in [4.78, 5) is 19.1. The topological polar surface area (TPSA) is 32.8 Å². The Morgan fingerprint density at radius 2 is 1.97 bits per heavy atom. The predicted octanol–water partition coefficient (Wildman–Crippen LogP) is 5.53. The molecule has 0 amide bonds. The van der Waals surface area contributed by atoms with Gasteiger partial charge in [0, 0.05) is 18.7 Å². The molecule has 0 atom stereocenters. The molecule has 2 aliphatic rings. The quantitative estimate of drug-likeness (QED) is 0.431. The summed E-state index contributed by atoms with van der Waals surface area (Å²) in [5.41, 5.74) is 3.77. The van der Waals surface area contributed by atoms with Crippen molar-refractivity contribution < 1.29 is 9.53 Å². The van der Waals surface area contributed by atoms with E-state index in [9.17, 15) is 4.79 Å². The van der Waals surface area contributed by atoms with E-state index in [-0.39, 0.29) is 11.5 Å². The summed E-state index contributed by atoms with van der Waals surface area (Å²) in [6, 6.07) is 2.15. The second kappa shape index (κ2) is 10.5. The minimum Gasteiger partial charge on any atom is -0.465 e. The van der Waals surface area contributed by atoms with Gasteiger partial charge in [-0.05, 0) is 82.8 Å². The van der Waals surface area contributed by atoms with Crippen molar-refractivity contribution in [2.45, 2.75) is 65.3 Å². The lowest BCUT2D eigenvalue weighted by molar-refractivity contribution is 0.0606. The van der Waals surface area contributed by atoms with Crippen LogP contribution in [0.1, 0.15) is 79.9 Å². The molecule has 4 nitrogen and oxygen atoms in total. The molecular weight excluding hydrogens is 416 g/mol. The number of carbonyl (C=O) groups excluding carboxylic acids is 1. The van der Waals surface area contributed by atoms with Crippen molar-refractivity contribution in [2.75, 3.05) is 40.8 Å². The van der Waals surface area contributed by atoms with Crippen LogP contribution < -0.4 is 0 Å². The summed E-state index contributed by atoms with van der Waals surface area (Å²) < 4.78 is 5.18. The molecule has 1 aliphatic carbocycles. The van der Waals surface area contributed by atoms with E-state index in [2.05, 4.69) is 55.4 Å². The minimum atomic E-state index is -0.244. The van der Waals surface area contributed by atoms with Gasteiger partial charge >= 0.3 is 5.97 Å². The van der Waals surface area contributed by atoms with Crippen molar-refractivity contribution in [3.8, 4) is 11.8 Å². The van der Waals surface area contributed by atoms with Crippen LogP contribution in [0, 0.1) is 23.7 Å². The van der Waals surface area contributed by atoms with Crippen molar-refractivity contribution in [3.63, 3.8) is 0 Å². The summed E-state index contributed by atoms with van der Waals surface area (Å²) in [6.07, 6.45) is 6.12. The van der Waals surface area contributed by atoms with E-state index >= 15 is 0 Å². The van der Waals surface area contributed by atoms with Crippen LogP contribution in [0.2, 0.25) is 0 Å². The Morgan fingerprint density at radius 3 is 2.56 bits per heavy atom. The third-order valence-corrected chi connectivity index (χ3v) is 8.48. The number of methoxy groups -OCH3 is 1. The van der Waals surface area contributed by atoms with Crippen molar-refractivity contribution in [1.29, 1.82) is 0 Å². The molecule has 1 saturated carbocycles. The Balaban J connectivity index is 2.06. The highest BCUT2D eigenvalue weighted by Crippen LogP contribution is 2.42. The fourth-order valence-electron chi connectivity index (χ4n) is 4.65. The number of carbonyl (C=O) groups is 1. The van der Waals surface area contributed by atoms with Crippen LogP contribution >= 0.6 is 11.3 Å². The smallest absolute Gasteiger partial charge is 0.348 e. The molecule has 1 aromatic rings. The van der Waals surface area contributed by atoms with E-state index in [1.54, 1.807) is 5.57 Å². The minimum absolute atomic E-state index is 0.231. The zero-order valence-corrected chi connectivity index (χ0v) is 21.8. The zero-order chi connectivity index (χ0) is 23.5. The summed E-state index contributed by atoms with van der Waals surface area (Å²) >= 11 is 1.48. The SMILES string of the molecule is CCN1CCC(c2cc(C#CC(C)(C)N(C)C)sc2C(=O)OC)=C(C2CCC(C)CC2)C1. The first kappa shape index (κ1) is 25.0. The average molecular weight is 457 g/mol. The molecule has 2 heterocycles. The van der Waals surface area contributed by atoms with E-state index in [1.807, 2.05) is 14.1 Å². The van der Waals surface area contributed by atoms with Crippen LogP contribution in [-0.2, 0) is 4.74 Å². The number of hydrogen-bond acceptors (Lipinski definition) is 5. The van der Waals surface area contributed by atoms with Gasteiger partial charge < -0.3 is 4.74 Å². The standard InChI is InChI=1S/C27H40N2O2S/c1-8-29-16-14-22(24(18-29)20-11-9-19(2)10-12-20)23-17-21(32-25(23)26(30)31-7)13-15-27(3,4)28(5)6/h17,19-20H,8-12,14,16,18H2,1-7H3. The average Bonchev–Trinajstić information content (AvgIpc) is 3.21. The second-order valence-electron chi connectivity index (χ2n) is 10.1. The summed E-state index contributed by atoms with van der Waals surface area (Å²) in [5.74, 6) is 7.94. The van der Waals surface area contributed by atoms with Crippen molar-refractivity contribution in [2.24, 2.45) is 11.8 Å². The van der Waals surface area contributed by atoms with Crippen LogP contribution in [0.3, 0.4) is 0 Å². The fourth-order valence-corrected chi connectivity index (χ4v) is 5.61. The summed E-state index contributed by atoms with van der Waals surface area (Å²) in [5, 5.41) is 0. The molecule has 5 heteroatoms. The highest BCUT2D eigenvalue weighted by molar-refractivity contribution is 7.14. The maximum absolute atomic E-state index is 12.7. The molecular formula is C27H40N2O2S. The van der Waals surface area contributed by atoms with Crippen LogP contribution in [0.15, 0.2) is 11.6 Å². The Hall–Kier alpha value is -1.61. The molecule has 32 heavy (non-hydrogen) atoms. The van der Waals surface area contributed by atoms with Crippen LogP contribution in [0.5, 0.6) is 0 Å². The van der Waals surface area contributed by atoms with E-state index < -0.39 is 0 Å². The second-order valence-corrected chi connectivity index (χ2v) is 11.2. The first-order valence-corrected chi connectivity index (χ1v) is 12.8. The molecule has 176 valence electrons. The largest absolute Gasteiger partial charge is 0.465 e. The lowest BCUT2D eigenvalue weighted by Crippen LogP contribution is -2.36. The van der Waals surface area contributed by atoms with Gasteiger partial charge in [-0.1, -0.05) is 38.5 Å². The van der Waals surface area contributed by atoms with E-state index in [1.165, 1.54) is 49.7 Å². The molecule has 0 bridgehead atoms. The Bertz CT molecular complexity index is 908. The number of nitrogens with zero attached hydrogens (tertiary/aromatic N) is 2. The molecule has 0 aromatic carbocycles. The van der Waals surface area contributed by atoms with Crippen LogP contribution in [0.25, 0.3) is 5.57 Å². The molecule has 1 aliphatic heterocycles. The molecule has 0 N–H and O–H groups in total. The van der Waals surface area contributed by atoms with Crippen molar-refractivity contribution >= 4 is 22.9 Å². The van der Waals surface area contributed by atoms with Gasteiger partial charge in [-0.15, -0.1) is 11.3 Å². The van der Waals surface area contributed by atoms with Crippen molar-refractivity contribution in [1.82, 2.24) is 9.80 Å². The first-order chi connectivity index (χ1) is 15.2. The van der Waals surface area contributed by atoms with Gasteiger partial charge in [-0.25, -0.2) is 4.79 Å². The molecule has 1 fully saturated rings. The third-order valence-electron chi connectivity index (χ3n) is 7.45. The number of thiophene rings is 1. The van der Waals surface area contributed by atoms with E-state index in [4.69, 9.17) is 4.74 Å². The number of rotatable bonds is 5. The molecule has 0 saturated heterocycles. The summed E-state index contributed by atoms with van der Waals surface area (Å²) in [6.45, 7) is 12.0. The monoisotopic (exact) mass is 456 g/mol. The van der Waals surface area contributed by atoms with E-state index in [0.717, 1.165) is 42.4 Å². The molecule has 3 rings (SSSR count). The van der Waals surface area contributed by atoms with Gasteiger partial charge in [0.05, 0.1) is 17.5 Å². The van der Waals surface area contributed by atoms with Gasteiger partial charge in [0.1, 0.15) is 4.88 Å². The summed E-state index contributed by atoms with van der Waals surface area (Å²) in [7, 11) is 5.56. The highest BCUT2D eigenvalue weighted by atomic mass is 32.1. The highest BCUT2D eigenvalue weighted by Gasteiger charge is 2.30. The van der Waals surface area contributed by atoms with Gasteiger partial charge in [0.15, 0.2) is 0 Å². The maximum Gasteiger partial charge on any atom is 0.348 e. The maximum atomic E-state index is 12.7. The number of hydrogen-bond donors (Lipinski definition) is 0. The normalized spacial score (nSPS) is 22.6. The number of likely N-dealkylation sites (N-methyl/N-ethyl adjacent to an activating group) is 1. The van der Waals surface area contributed by atoms with E-state index in [0.29, 0.717) is 10.8 Å². The molecule has 0 unspecified atom stereocenters. The Kier molecular flexibility index (Phi) is 8.25. The van der Waals surface area contributed by atoms with Crippen molar-refractivity contribution in [3.05, 3.63) is 27.0 Å². The predicted molar refractivity (Wildman–Crippen MR) is 135 cm³/mol. The lowest BCUT2D eigenvalue weighted by Gasteiger charge is -2.36. The molecule has 1 aromatic heterocycles. The third kappa shape index (κ3) is 5.65. The van der Waals surface area contributed by atoms with Gasteiger partial charge in [-0.2, -0.15) is 0 Å². The van der Waals surface area contributed by atoms with Crippen LogP contribution in [-0.4, -0.2) is 62.1 Å². The Labute approximate surface area is 199 Å². The zero-order valence-electron chi connectivity index (χ0n) is 21.0. The number of ether oxygens (including phenoxy) is 1. The van der Waals surface area contributed by atoms with Gasteiger partial charge in [0.2, 0.25) is 0 Å².